The summed E-state index contributed by atoms with van der Waals surface area (Å²) in [5, 5.41) is 9.50. The molecule has 0 bridgehead atoms. The summed E-state index contributed by atoms with van der Waals surface area (Å²) in [7, 11) is 4.47. The minimum Gasteiger partial charge on any atom is -0.497 e. The molecule has 0 spiro atoms. The Morgan fingerprint density at radius 1 is 1.00 bits per heavy atom. The van der Waals surface area contributed by atoms with E-state index in [2.05, 4.69) is 0 Å². The number of allylic oxidation sites excluding steroid dienone is 1. The molecule has 0 saturated heterocycles. The topological polar surface area (TPSA) is 124 Å². The Kier molecular flexibility index (Phi) is 8.87. The standard InChI is InChI=1S/C26H31N3O6/c1-16(28)24(30)29(25(31)35-26(2,3)4)22-14-17(8-9-23(22)34-7)21(10-11-27)18-12-19(32-5)15-20(13-18)33-6/h8-10,12-16H,28H2,1-7H3/b21-10-. The van der Waals surface area contributed by atoms with E-state index in [4.69, 9.17) is 24.7 Å². The molecule has 0 fully saturated rings. The molecule has 0 heterocycles. The SMILES string of the molecule is COc1cc(OC)cc(/C(=C\C#N)c2ccc(OC)c(N(C(=O)OC(C)(C)C)C(=O)C(C)N)c2)c1. The second-order valence-corrected chi connectivity index (χ2v) is 8.62. The monoisotopic (exact) mass is 481 g/mol. The highest BCUT2D eigenvalue weighted by molar-refractivity contribution is 6.15. The molecule has 2 rings (SSSR count). The highest BCUT2D eigenvalue weighted by atomic mass is 16.6. The Bertz CT molecular complexity index is 1140. The van der Waals surface area contributed by atoms with Crippen LogP contribution in [-0.4, -0.2) is 45.0 Å². The first-order chi connectivity index (χ1) is 16.4. The smallest absolute Gasteiger partial charge is 0.421 e. The molecule has 9 nitrogen and oxygen atoms in total. The minimum atomic E-state index is -0.993. The Balaban J connectivity index is 2.75. The van der Waals surface area contributed by atoms with Crippen LogP contribution in [0.4, 0.5) is 10.5 Å². The third-order valence-electron chi connectivity index (χ3n) is 4.79. The number of ether oxygens (including phenoxy) is 4. The Labute approximate surface area is 205 Å². The van der Waals surface area contributed by atoms with Gasteiger partial charge in [0.2, 0.25) is 0 Å². The normalized spacial score (nSPS) is 12.3. The van der Waals surface area contributed by atoms with Gasteiger partial charge in [-0.1, -0.05) is 6.07 Å². The number of anilines is 1. The van der Waals surface area contributed by atoms with Crippen LogP contribution in [0, 0.1) is 11.3 Å². The number of nitriles is 1. The molecule has 0 saturated carbocycles. The van der Waals surface area contributed by atoms with E-state index in [0.29, 0.717) is 28.2 Å². The maximum Gasteiger partial charge on any atom is 0.421 e. The van der Waals surface area contributed by atoms with Crippen LogP contribution in [0.1, 0.15) is 38.8 Å². The van der Waals surface area contributed by atoms with Crippen molar-refractivity contribution in [3.63, 3.8) is 0 Å². The number of carbonyl (C=O) groups is 2. The molecule has 0 aromatic heterocycles. The van der Waals surface area contributed by atoms with E-state index in [1.807, 2.05) is 6.07 Å². The van der Waals surface area contributed by atoms with Gasteiger partial charge in [0.25, 0.3) is 5.91 Å². The average Bonchev–Trinajstić information content (AvgIpc) is 2.80. The van der Waals surface area contributed by atoms with Crippen molar-refractivity contribution in [2.45, 2.75) is 39.3 Å². The summed E-state index contributed by atoms with van der Waals surface area (Å²) in [6.07, 6.45) is 0.453. The first-order valence-corrected chi connectivity index (χ1v) is 10.8. The van der Waals surface area contributed by atoms with Gasteiger partial charge < -0.3 is 24.7 Å². The maximum absolute atomic E-state index is 13.1. The van der Waals surface area contributed by atoms with Gasteiger partial charge >= 0.3 is 6.09 Å². The summed E-state index contributed by atoms with van der Waals surface area (Å²) in [4.78, 5) is 27.0. The predicted octanol–water partition coefficient (Wildman–Crippen LogP) is 4.28. The van der Waals surface area contributed by atoms with Crippen LogP contribution in [0.3, 0.4) is 0 Å². The van der Waals surface area contributed by atoms with Crippen molar-refractivity contribution in [3.05, 3.63) is 53.6 Å². The number of amides is 2. The van der Waals surface area contributed by atoms with Crippen molar-refractivity contribution in [1.82, 2.24) is 0 Å². The number of rotatable bonds is 7. The van der Waals surface area contributed by atoms with Crippen LogP contribution < -0.4 is 24.8 Å². The largest absolute Gasteiger partial charge is 0.497 e. The summed E-state index contributed by atoms with van der Waals surface area (Å²) in [5.41, 5.74) is 6.77. The molecule has 1 unspecified atom stereocenters. The van der Waals surface area contributed by atoms with E-state index in [1.165, 1.54) is 34.3 Å². The fourth-order valence-corrected chi connectivity index (χ4v) is 3.21. The van der Waals surface area contributed by atoms with Crippen molar-refractivity contribution < 1.29 is 28.5 Å². The third-order valence-corrected chi connectivity index (χ3v) is 4.79. The van der Waals surface area contributed by atoms with Gasteiger partial charge in [0.1, 0.15) is 22.8 Å². The van der Waals surface area contributed by atoms with Gasteiger partial charge in [0.15, 0.2) is 0 Å². The summed E-state index contributed by atoms with van der Waals surface area (Å²) in [5.74, 6) is 0.621. The van der Waals surface area contributed by atoms with Crippen LogP contribution in [0.5, 0.6) is 17.2 Å². The second kappa shape index (κ2) is 11.4. The van der Waals surface area contributed by atoms with Gasteiger partial charge in [-0.05, 0) is 68.7 Å². The third kappa shape index (κ3) is 6.74. The number of hydrogen-bond donors (Lipinski definition) is 1. The van der Waals surface area contributed by atoms with E-state index >= 15 is 0 Å². The lowest BCUT2D eigenvalue weighted by atomic mass is 9.96. The van der Waals surface area contributed by atoms with Crippen molar-refractivity contribution in [2.24, 2.45) is 5.73 Å². The molecular formula is C26H31N3O6. The molecule has 1 atom stereocenters. The Morgan fingerprint density at radius 2 is 1.60 bits per heavy atom. The van der Waals surface area contributed by atoms with Crippen molar-refractivity contribution >= 4 is 23.3 Å². The molecule has 0 aliphatic carbocycles. The number of imide groups is 1. The van der Waals surface area contributed by atoms with Gasteiger partial charge in [-0.2, -0.15) is 5.26 Å². The van der Waals surface area contributed by atoms with E-state index < -0.39 is 23.6 Å². The molecule has 186 valence electrons. The van der Waals surface area contributed by atoms with E-state index in [1.54, 1.807) is 57.2 Å². The summed E-state index contributed by atoms with van der Waals surface area (Å²) in [6.45, 7) is 6.55. The van der Waals surface area contributed by atoms with Crippen LogP contribution in [-0.2, 0) is 9.53 Å². The number of nitrogens with two attached hydrogens (primary N) is 1. The highest BCUT2D eigenvalue weighted by Gasteiger charge is 2.33. The van der Waals surface area contributed by atoms with E-state index in [0.717, 1.165) is 4.90 Å². The van der Waals surface area contributed by atoms with Crippen LogP contribution >= 0.6 is 0 Å². The molecule has 2 aromatic rings. The van der Waals surface area contributed by atoms with Gasteiger partial charge in [-0.15, -0.1) is 0 Å². The number of carbonyl (C=O) groups excluding carboxylic acids is 2. The van der Waals surface area contributed by atoms with Gasteiger partial charge in [-0.25, -0.2) is 9.69 Å². The molecule has 0 radical (unpaired) electrons. The molecule has 0 aliphatic rings. The van der Waals surface area contributed by atoms with Gasteiger partial charge in [0, 0.05) is 12.1 Å². The zero-order valence-corrected chi connectivity index (χ0v) is 21.0. The lowest BCUT2D eigenvalue weighted by molar-refractivity contribution is -0.119. The fourth-order valence-electron chi connectivity index (χ4n) is 3.21. The second-order valence-electron chi connectivity index (χ2n) is 8.62. The average molecular weight is 482 g/mol. The lowest BCUT2D eigenvalue weighted by Gasteiger charge is -2.28. The molecule has 2 amide bonds. The maximum atomic E-state index is 13.1. The lowest BCUT2D eigenvalue weighted by Crippen LogP contribution is -2.47. The fraction of sp³-hybridized carbons (Fsp3) is 0.346. The predicted molar refractivity (Wildman–Crippen MR) is 133 cm³/mol. The van der Waals surface area contributed by atoms with Crippen molar-refractivity contribution in [1.29, 1.82) is 5.26 Å². The zero-order valence-electron chi connectivity index (χ0n) is 21.0. The summed E-state index contributed by atoms with van der Waals surface area (Å²) < 4.78 is 21.6. The zero-order chi connectivity index (χ0) is 26.3. The number of nitrogens with zero attached hydrogens (tertiary/aromatic N) is 2. The molecule has 9 heteroatoms. The Morgan fingerprint density at radius 3 is 2.06 bits per heavy atom. The summed E-state index contributed by atoms with van der Waals surface area (Å²) in [6, 6.07) is 11.1. The van der Waals surface area contributed by atoms with E-state index in [9.17, 15) is 14.9 Å². The Hall–Kier alpha value is -4.03. The van der Waals surface area contributed by atoms with Gasteiger partial charge in [0.05, 0.1) is 39.1 Å². The van der Waals surface area contributed by atoms with E-state index in [-0.39, 0.29) is 11.4 Å². The number of methoxy groups -OCH3 is 3. The number of benzene rings is 2. The number of hydrogen-bond acceptors (Lipinski definition) is 8. The molecular weight excluding hydrogens is 450 g/mol. The van der Waals surface area contributed by atoms with Crippen LogP contribution in [0.15, 0.2) is 42.5 Å². The van der Waals surface area contributed by atoms with Crippen molar-refractivity contribution in [2.75, 3.05) is 26.2 Å². The van der Waals surface area contributed by atoms with Gasteiger partial charge in [-0.3, -0.25) is 4.79 Å². The molecule has 35 heavy (non-hydrogen) atoms. The molecule has 2 aromatic carbocycles. The highest BCUT2D eigenvalue weighted by Crippen LogP contribution is 2.37. The van der Waals surface area contributed by atoms with Crippen LogP contribution in [0.25, 0.3) is 5.57 Å². The van der Waals surface area contributed by atoms with Crippen LogP contribution in [0.2, 0.25) is 0 Å². The first-order valence-electron chi connectivity index (χ1n) is 10.8. The summed E-state index contributed by atoms with van der Waals surface area (Å²) >= 11 is 0. The molecule has 2 N–H and O–H groups in total. The quantitative estimate of drug-likeness (QED) is 0.581. The van der Waals surface area contributed by atoms with Crippen molar-refractivity contribution in [3.8, 4) is 23.3 Å². The first kappa shape index (κ1) is 27.2. The minimum absolute atomic E-state index is 0.125. The molecule has 0 aliphatic heterocycles.